The van der Waals surface area contributed by atoms with Crippen LogP contribution in [0.5, 0.6) is 0 Å². The molecule has 1 aromatic rings. The van der Waals surface area contributed by atoms with Crippen molar-refractivity contribution in [2.45, 2.75) is 23.5 Å². The number of nitrogens with zero attached hydrogens (tertiary/aromatic N) is 1. The van der Waals surface area contributed by atoms with Gasteiger partial charge in [-0.3, -0.25) is 4.79 Å². The standard InChI is InChI=1S/C11H12F6N2O2S/c12-8-4-7(22(13,14,15,16)17)1-2-9(8)19-5-6(20)3-10(19)11(18)21/h1-2,4,6,10,20H,3,5H2,(H2,18,21). The van der Waals surface area contributed by atoms with Crippen molar-refractivity contribution >= 4 is 21.8 Å². The second kappa shape index (κ2) is 4.22. The highest BCUT2D eigenvalue weighted by Gasteiger charge is 2.65. The van der Waals surface area contributed by atoms with Crippen LogP contribution in [0.25, 0.3) is 0 Å². The van der Waals surface area contributed by atoms with E-state index < -0.39 is 44.7 Å². The van der Waals surface area contributed by atoms with Crippen molar-refractivity contribution in [3.63, 3.8) is 0 Å². The van der Waals surface area contributed by atoms with Gasteiger partial charge in [-0.25, -0.2) is 4.39 Å². The maximum Gasteiger partial charge on any atom is 0.310 e. The van der Waals surface area contributed by atoms with E-state index in [0.717, 1.165) is 4.90 Å². The first-order valence-electron chi connectivity index (χ1n) is 5.97. The molecule has 4 nitrogen and oxygen atoms in total. The van der Waals surface area contributed by atoms with Crippen LogP contribution in [0.2, 0.25) is 0 Å². The van der Waals surface area contributed by atoms with Gasteiger partial charge in [0.2, 0.25) is 5.91 Å². The molecule has 3 N–H and O–H groups in total. The van der Waals surface area contributed by atoms with Gasteiger partial charge in [-0.15, -0.1) is 0 Å². The average molecular weight is 350 g/mol. The molecule has 126 valence electrons. The summed E-state index contributed by atoms with van der Waals surface area (Å²) >= 11 is 0. The van der Waals surface area contributed by atoms with E-state index in [2.05, 4.69) is 0 Å². The highest BCUT2D eigenvalue weighted by molar-refractivity contribution is 8.45. The number of β-amino-alcohol motifs (C(OH)–C–C–N with tert-alkyl or cyclic N) is 1. The zero-order valence-electron chi connectivity index (χ0n) is 10.9. The molecule has 1 aromatic carbocycles. The fourth-order valence-corrected chi connectivity index (χ4v) is 2.96. The van der Waals surface area contributed by atoms with Crippen molar-refractivity contribution in [3.8, 4) is 0 Å². The van der Waals surface area contributed by atoms with Crippen LogP contribution in [0, 0.1) is 5.82 Å². The minimum atomic E-state index is -9.99. The highest BCUT2D eigenvalue weighted by Crippen LogP contribution is 3.02. The Morgan fingerprint density at radius 3 is 2.32 bits per heavy atom. The molecule has 1 heterocycles. The van der Waals surface area contributed by atoms with E-state index >= 15 is 0 Å². The summed E-state index contributed by atoms with van der Waals surface area (Å²) in [7, 11) is -9.99. The zero-order valence-corrected chi connectivity index (χ0v) is 11.7. The molecule has 0 aliphatic carbocycles. The van der Waals surface area contributed by atoms with Crippen molar-refractivity contribution < 1.29 is 33.7 Å². The van der Waals surface area contributed by atoms with E-state index in [1.54, 1.807) is 0 Å². The number of aliphatic hydroxyl groups excluding tert-OH is 1. The Morgan fingerprint density at radius 1 is 1.27 bits per heavy atom. The Kier molecular flexibility index (Phi) is 3.21. The molecule has 2 atom stereocenters. The summed E-state index contributed by atoms with van der Waals surface area (Å²) in [6, 6.07) is -0.908. The summed E-state index contributed by atoms with van der Waals surface area (Å²) in [5.74, 6) is -2.49. The molecular weight excluding hydrogens is 338 g/mol. The first-order valence-corrected chi connectivity index (χ1v) is 7.92. The van der Waals surface area contributed by atoms with Gasteiger partial charge in [-0.2, -0.15) is 0 Å². The van der Waals surface area contributed by atoms with Crippen LogP contribution < -0.4 is 10.6 Å². The third-order valence-electron chi connectivity index (χ3n) is 3.28. The molecule has 0 spiro atoms. The predicted molar refractivity (Wildman–Crippen MR) is 68.7 cm³/mol. The molecule has 0 bridgehead atoms. The molecular formula is C11H12F6N2O2S. The fourth-order valence-electron chi connectivity index (χ4n) is 2.31. The molecule has 1 fully saturated rings. The summed E-state index contributed by atoms with van der Waals surface area (Å²) < 4.78 is 76.9. The third kappa shape index (κ3) is 3.24. The lowest BCUT2D eigenvalue weighted by Gasteiger charge is -2.40. The molecule has 1 aliphatic heterocycles. The molecule has 0 aromatic heterocycles. The number of amides is 1. The maximum atomic E-state index is 13.8. The summed E-state index contributed by atoms with van der Waals surface area (Å²) in [4.78, 5) is 9.81. The average Bonchev–Trinajstić information content (AvgIpc) is 2.68. The van der Waals surface area contributed by atoms with E-state index in [1.165, 1.54) is 0 Å². The van der Waals surface area contributed by atoms with Gasteiger partial charge in [-0.1, -0.05) is 19.4 Å². The summed E-state index contributed by atoms with van der Waals surface area (Å²) in [5.41, 5.74) is 4.56. The Hall–Kier alpha value is -1.62. The van der Waals surface area contributed by atoms with E-state index in [0.29, 0.717) is 6.07 Å². The van der Waals surface area contributed by atoms with Gasteiger partial charge < -0.3 is 15.7 Å². The number of benzene rings is 1. The topological polar surface area (TPSA) is 66.6 Å². The first-order chi connectivity index (χ1) is 9.69. The minimum absolute atomic E-state index is 0.0444. The molecule has 0 saturated carbocycles. The number of hydrogen-bond donors (Lipinski definition) is 2. The minimum Gasteiger partial charge on any atom is -0.391 e. The number of rotatable bonds is 3. The van der Waals surface area contributed by atoms with Crippen LogP contribution in [0.3, 0.4) is 0 Å². The van der Waals surface area contributed by atoms with Crippen molar-refractivity contribution in [2.24, 2.45) is 5.73 Å². The van der Waals surface area contributed by atoms with Crippen LogP contribution >= 0.6 is 10.2 Å². The van der Waals surface area contributed by atoms with Gasteiger partial charge in [-0.05, 0) is 18.2 Å². The molecule has 2 unspecified atom stereocenters. The molecule has 1 saturated heterocycles. The van der Waals surface area contributed by atoms with Crippen LogP contribution in [0.15, 0.2) is 23.1 Å². The van der Waals surface area contributed by atoms with Crippen LogP contribution in [-0.2, 0) is 4.79 Å². The Labute approximate surface area is 121 Å². The van der Waals surface area contributed by atoms with Gasteiger partial charge in [0, 0.05) is 13.0 Å². The quantitative estimate of drug-likeness (QED) is 0.824. The van der Waals surface area contributed by atoms with Crippen LogP contribution in [-0.4, -0.2) is 29.7 Å². The number of carbonyl (C=O) groups is 1. The lowest BCUT2D eigenvalue weighted by molar-refractivity contribution is -0.119. The Bertz CT molecular complexity index is 635. The van der Waals surface area contributed by atoms with Crippen molar-refractivity contribution in [2.75, 3.05) is 11.4 Å². The summed E-state index contributed by atoms with van der Waals surface area (Å²) in [5, 5.41) is 9.47. The Morgan fingerprint density at radius 2 is 1.86 bits per heavy atom. The molecule has 1 aliphatic rings. The van der Waals surface area contributed by atoms with Gasteiger partial charge in [0.25, 0.3) is 0 Å². The zero-order chi connectivity index (χ0) is 17.0. The molecule has 2 rings (SSSR count). The second-order valence-corrected chi connectivity index (χ2v) is 7.45. The lowest BCUT2D eigenvalue weighted by atomic mass is 10.2. The largest absolute Gasteiger partial charge is 0.391 e. The maximum absolute atomic E-state index is 13.8. The smallest absolute Gasteiger partial charge is 0.310 e. The molecule has 0 radical (unpaired) electrons. The number of halogens is 6. The van der Waals surface area contributed by atoms with Crippen LogP contribution in [0.1, 0.15) is 6.42 Å². The number of primary amides is 1. The highest BCUT2D eigenvalue weighted by atomic mass is 32.5. The molecule has 1 amide bonds. The van der Waals surface area contributed by atoms with Crippen LogP contribution in [0.4, 0.5) is 29.5 Å². The molecule has 11 heteroatoms. The fraction of sp³-hybridized carbons (Fsp3) is 0.364. The Balaban J connectivity index is 2.46. The second-order valence-electron chi connectivity index (χ2n) is 5.04. The monoisotopic (exact) mass is 350 g/mol. The number of nitrogens with two attached hydrogens (primary N) is 1. The predicted octanol–water partition coefficient (Wildman–Crippen LogP) is 2.91. The van der Waals surface area contributed by atoms with E-state index in [-0.39, 0.29) is 25.1 Å². The van der Waals surface area contributed by atoms with Crippen molar-refractivity contribution in [1.29, 1.82) is 0 Å². The van der Waals surface area contributed by atoms with Gasteiger partial charge >= 0.3 is 10.2 Å². The number of carbonyl (C=O) groups excluding carboxylic acids is 1. The number of aliphatic hydroxyl groups is 1. The number of anilines is 1. The normalized spacial score (nSPS) is 25.7. The number of hydrogen-bond acceptors (Lipinski definition) is 3. The molecule has 22 heavy (non-hydrogen) atoms. The SMILES string of the molecule is NC(=O)C1CC(O)CN1c1ccc(S(F)(F)(F)(F)F)cc1F. The lowest BCUT2D eigenvalue weighted by Crippen LogP contribution is -2.40. The van der Waals surface area contributed by atoms with Gasteiger partial charge in [0.1, 0.15) is 16.8 Å². The van der Waals surface area contributed by atoms with E-state index in [9.17, 15) is 33.7 Å². The van der Waals surface area contributed by atoms with Crippen molar-refractivity contribution in [1.82, 2.24) is 0 Å². The van der Waals surface area contributed by atoms with E-state index in [4.69, 9.17) is 5.73 Å². The summed E-state index contributed by atoms with van der Waals surface area (Å²) in [6.45, 7) is -0.250. The van der Waals surface area contributed by atoms with Gasteiger partial charge in [0.05, 0.1) is 11.8 Å². The summed E-state index contributed by atoms with van der Waals surface area (Å²) in [6.07, 6.45) is -1.16. The first kappa shape index (κ1) is 16.7. The van der Waals surface area contributed by atoms with E-state index in [1.807, 2.05) is 0 Å². The van der Waals surface area contributed by atoms with Gasteiger partial charge in [0.15, 0.2) is 0 Å². The van der Waals surface area contributed by atoms with Crippen molar-refractivity contribution in [3.05, 3.63) is 24.0 Å². The third-order valence-corrected chi connectivity index (χ3v) is 4.43.